The summed E-state index contributed by atoms with van der Waals surface area (Å²) >= 11 is 0. The monoisotopic (exact) mass is 312 g/mol. The topological polar surface area (TPSA) is 51.4 Å². The third-order valence-electron chi connectivity index (χ3n) is 3.83. The van der Waals surface area contributed by atoms with E-state index >= 15 is 0 Å². The summed E-state index contributed by atoms with van der Waals surface area (Å²) in [7, 11) is 5.87. The molecule has 4 heteroatoms. The van der Waals surface area contributed by atoms with Gasteiger partial charge in [0.1, 0.15) is 11.6 Å². The molecule has 123 valence electrons. The average Bonchev–Trinajstić information content (AvgIpc) is 2.54. The van der Waals surface area contributed by atoms with Gasteiger partial charge in [-0.2, -0.15) is 0 Å². The molecule has 2 N–H and O–H groups in total. The van der Waals surface area contributed by atoms with Crippen molar-refractivity contribution in [2.45, 2.75) is 19.8 Å². The van der Waals surface area contributed by atoms with Crippen LogP contribution >= 0.6 is 0 Å². The standard InChI is InChI=1S/C19H26N3O/c1-5-14-12-16(17-9-6-10-19(20)21-17)18(23-4)13-15(14)8-7-11-22(2)3/h6,8-10,12-13H,5,7,11H2,1-4H3,(H2,20,21). The van der Waals surface area contributed by atoms with E-state index in [-0.39, 0.29) is 0 Å². The van der Waals surface area contributed by atoms with Gasteiger partial charge in [0, 0.05) is 5.56 Å². The first-order valence-corrected chi connectivity index (χ1v) is 7.97. The summed E-state index contributed by atoms with van der Waals surface area (Å²) in [6.45, 7) is 3.20. The van der Waals surface area contributed by atoms with Crippen molar-refractivity contribution in [1.82, 2.24) is 9.88 Å². The maximum Gasteiger partial charge on any atom is 0.128 e. The Morgan fingerprint density at radius 1 is 1.26 bits per heavy atom. The highest BCUT2D eigenvalue weighted by atomic mass is 16.5. The van der Waals surface area contributed by atoms with Crippen LogP contribution in [0.4, 0.5) is 5.82 Å². The van der Waals surface area contributed by atoms with Gasteiger partial charge in [-0.05, 0) is 75.3 Å². The van der Waals surface area contributed by atoms with Crippen LogP contribution in [0.25, 0.3) is 11.3 Å². The Balaban J connectivity index is 2.37. The number of nitrogens with zero attached hydrogens (tertiary/aromatic N) is 2. The van der Waals surface area contributed by atoms with Crippen LogP contribution in [0, 0.1) is 6.42 Å². The number of benzene rings is 1. The first kappa shape index (κ1) is 17.3. The summed E-state index contributed by atoms with van der Waals surface area (Å²) in [5.74, 6) is 1.35. The molecule has 4 nitrogen and oxygen atoms in total. The Labute approximate surface area is 139 Å². The van der Waals surface area contributed by atoms with Gasteiger partial charge in [0.2, 0.25) is 0 Å². The lowest BCUT2D eigenvalue weighted by Gasteiger charge is -2.16. The summed E-state index contributed by atoms with van der Waals surface area (Å²) in [5.41, 5.74) is 10.2. The quantitative estimate of drug-likeness (QED) is 0.851. The molecule has 1 aromatic carbocycles. The van der Waals surface area contributed by atoms with Gasteiger partial charge >= 0.3 is 0 Å². The number of pyridine rings is 1. The summed E-state index contributed by atoms with van der Waals surface area (Å²) in [6.07, 6.45) is 4.25. The van der Waals surface area contributed by atoms with Crippen LogP contribution in [-0.2, 0) is 6.42 Å². The maximum absolute atomic E-state index is 5.82. The minimum Gasteiger partial charge on any atom is -0.496 e. The van der Waals surface area contributed by atoms with E-state index in [1.54, 1.807) is 13.2 Å². The first-order chi connectivity index (χ1) is 11.0. The Hall–Kier alpha value is -2.07. The fraction of sp³-hybridized carbons (Fsp3) is 0.368. The highest BCUT2D eigenvalue weighted by molar-refractivity contribution is 5.70. The number of ether oxygens (including phenoxy) is 1. The minimum atomic E-state index is 0.518. The van der Waals surface area contributed by atoms with Crippen LogP contribution in [0.2, 0.25) is 0 Å². The highest BCUT2D eigenvalue weighted by Gasteiger charge is 2.13. The normalized spacial score (nSPS) is 11.0. The zero-order valence-electron chi connectivity index (χ0n) is 14.5. The van der Waals surface area contributed by atoms with Crippen molar-refractivity contribution in [1.29, 1.82) is 0 Å². The molecule has 1 radical (unpaired) electrons. The van der Waals surface area contributed by atoms with E-state index in [2.05, 4.69) is 49.5 Å². The van der Waals surface area contributed by atoms with Gasteiger partial charge < -0.3 is 15.4 Å². The van der Waals surface area contributed by atoms with E-state index in [0.717, 1.165) is 36.4 Å². The van der Waals surface area contributed by atoms with Gasteiger partial charge in [-0.15, -0.1) is 0 Å². The summed E-state index contributed by atoms with van der Waals surface area (Å²) in [5, 5.41) is 0. The minimum absolute atomic E-state index is 0.518. The van der Waals surface area contributed by atoms with Crippen molar-refractivity contribution in [3.05, 3.63) is 47.9 Å². The zero-order valence-corrected chi connectivity index (χ0v) is 14.5. The van der Waals surface area contributed by atoms with Gasteiger partial charge in [-0.1, -0.05) is 13.0 Å². The fourth-order valence-corrected chi connectivity index (χ4v) is 2.59. The van der Waals surface area contributed by atoms with Crippen LogP contribution in [0.3, 0.4) is 0 Å². The van der Waals surface area contributed by atoms with Crippen LogP contribution in [0.5, 0.6) is 5.75 Å². The molecule has 0 saturated carbocycles. The van der Waals surface area contributed by atoms with E-state index in [1.165, 1.54) is 11.1 Å². The lowest BCUT2D eigenvalue weighted by atomic mass is 9.96. The number of anilines is 1. The molecule has 0 amide bonds. The molecule has 23 heavy (non-hydrogen) atoms. The van der Waals surface area contributed by atoms with Gasteiger partial charge in [-0.25, -0.2) is 4.98 Å². The van der Waals surface area contributed by atoms with Crippen molar-refractivity contribution < 1.29 is 4.74 Å². The van der Waals surface area contributed by atoms with Crippen LogP contribution in [-0.4, -0.2) is 37.6 Å². The third kappa shape index (κ3) is 4.45. The van der Waals surface area contributed by atoms with E-state index in [0.29, 0.717) is 5.82 Å². The second-order valence-electron chi connectivity index (χ2n) is 5.85. The molecule has 0 saturated heterocycles. The molecule has 2 aromatic rings. The lowest BCUT2D eigenvalue weighted by Crippen LogP contribution is -2.13. The number of rotatable bonds is 7. The van der Waals surface area contributed by atoms with Crippen LogP contribution in [0.1, 0.15) is 24.5 Å². The molecule has 1 aromatic heterocycles. The molecule has 2 rings (SSSR count). The molecular formula is C19H26N3O. The molecular weight excluding hydrogens is 286 g/mol. The van der Waals surface area contributed by atoms with Crippen LogP contribution < -0.4 is 10.5 Å². The van der Waals surface area contributed by atoms with Gasteiger partial charge in [0.15, 0.2) is 0 Å². The SMILES string of the molecule is CCc1cc(-c2cccc(N)n2)c(OC)cc1[CH]CCN(C)C. The smallest absolute Gasteiger partial charge is 0.128 e. The summed E-state index contributed by atoms with van der Waals surface area (Å²) in [6, 6.07) is 9.94. The number of nitrogens with two attached hydrogens (primary N) is 1. The average molecular weight is 312 g/mol. The number of hydrogen-bond acceptors (Lipinski definition) is 4. The molecule has 1 heterocycles. The largest absolute Gasteiger partial charge is 0.496 e. The summed E-state index contributed by atoms with van der Waals surface area (Å²) in [4.78, 5) is 6.61. The number of aromatic nitrogens is 1. The van der Waals surface area contributed by atoms with E-state index < -0.39 is 0 Å². The zero-order chi connectivity index (χ0) is 16.8. The predicted octanol–water partition coefficient (Wildman–Crippen LogP) is 3.41. The maximum atomic E-state index is 5.82. The lowest BCUT2D eigenvalue weighted by molar-refractivity contribution is 0.411. The summed E-state index contributed by atoms with van der Waals surface area (Å²) < 4.78 is 5.60. The third-order valence-corrected chi connectivity index (χ3v) is 3.83. The van der Waals surface area contributed by atoms with Gasteiger partial charge in [0.05, 0.1) is 12.8 Å². The van der Waals surface area contributed by atoms with E-state index in [1.807, 2.05) is 12.1 Å². The second kappa shape index (κ2) is 7.97. The van der Waals surface area contributed by atoms with Crippen molar-refractivity contribution in [2.24, 2.45) is 0 Å². The highest BCUT2D eigenvalue weighted by Crippen LogP contribution is 2.33. The predicted molar refractivity (Wildman–Crippen MR) is 96.6 cm³/mol. The molecule has 0 aliphatic carbocycles. The molecule has 0 aliphatic rings. The van der Waals surface area contributed by atoms with Crippen molar-refractivity contribution in [3.8, 4) is 17.0 Å². The number of nitrogen functional groups attached to an aromatic ring is 1. The number of methoxy groups -OCH3 is 1. The molecule has 0 atom stereocenters. The molecule has 0 fully saturated rings. The second-order valence-corrected chi connectivity index (χ2v) is 5.85. The Morgan fingerprint density at radius 3 is 2.65 bits per heavy atom. The Morgan fingerprint density at radius 2 is 2.04 bits per heavy atom. The van der Waals surface area contributed by atoms with Crippen molar-refractivity contribution in [3.63, 3.8) is 0 Å². The Bertz CT molecular complexity index is 653. The first-order valence-electron chi connectivity index (χ1n) is 7.97. The van der Waals surface area contributed by atoms with Gasteiger partial charge in [-0.3, -0.25) is 0 Å². The Kier molecular flexibility index (Phi) is 5.99. The van der Waals surface area contributed by atoms with Crippen molar-refractivity contribution in [2.75, 3.05) is 33.5 Å². The fourth-order valence-electron chi connectivity index (χ4n) is 2.59. The molecule has 0 bridgehead atoms. The molecule has 0 unspecified atom stereocenters. The van der Waals surface area contributed by atoms with E-state index in [9.17, 15) is 0 Å². The number of hydrogen-bond donors (Lipinski definition) is 1. The van der Waals surface area contributed by atoms with Crippen LogP contribution in [0.15, 0.2) is 30.3 Å². The van der Waals surface area contributed by atoms with Crippen molar-refractivity contribution >= 4 is 5.82 Å². The molecule has 0 aliphatic heterocycles. The van der Waals surface area contributed by atoms with E-state index in [4.69, 9.17) is 10.5 Å². The number of aryl methyl sites for hydroxylation is 1. The van der Waals surface area contributed by atoms with Gasteiger partial charge in [0.25, 0.3) is 0 Å². The molecule has 0 spiro atoms.